The first-order valence-electron chi connectivity index (χ1n) is 5.16. The molecule has 18 heavy (non-hydrogen) atoms. The number of hydrazine groups is 1. The zero-order chi connectivity index (χ0) is 13.0. The largest absolute Gasteiger partial charge is 0.363 e. The Hall–Kier alpha value is -2.28. The van der Waals surface area contributed by atoms with Crippen LogP contribution in [0.1, 0.15) is 5.56 Å². The van der Waals surface area contributed by atoms with Gasteiger partial charge in [-0.25, -0.2) is 19.6 Å². The van der Waals surface area contributed by atoms with Crippen LogP contribution in [0.4, 0.5) is 20.5 Å². The predicted molar refractivity (Wildman–Crippen MR) is 63.5 cm³/mol. The Morgan fingerprint density at radius 1 is 1.28 bits per heavy atom. The van der Waals surface area contributed by atoms with Gasteiger partial charge in [0.25, 0.3) is 0 Å². The van der Waals surface area contributed by atoms with Crippen molar-refractivity contribution in [3.8, 4) is 0 Å². The Morgan fingerprint density at radius 3 is 2.83 bits per heavy atom. The third kappa shape index (κ3) is 2.89. The zero-order valence-corrected chi connectivity index (χ0v) is 9.32. The summed E-state index contributed by atoms with van der Waals surface area (Å²) in [7, 11) is 0. The van der Waals surface area contributed by atoms with Gasteiger partial charge in [0.15, 0.2) is 11.6 Å². The van der Waals surface area contributed by atoms with Gasteiger partial charge in [0.05, 0.1) is 6.20 Å². The van der Waals surface area contributed by atoms with Crippen LogP contribution in [-0.2, 0) is 6.54 Å². The number of anilines is 2. The number of halogens is 2. The molecular formula is C11H11F2N5. The Morgan fingerprint density at radius 2 is 2.11 bits per heavy atom. The molecule has 5 nitrogen and oxygen atoms in total. The van der Waals surface area contributed by atoms with Gasteiger partial charge in [-0.3, -0.25) is 5.43 Å². The number of nitrogens with two attached hydrogens (primary N) is 1. The van der Waals surface area contributed by atoms with Gasteiger partial charge < -0.3 is 5.32 Å². The molecule has 0 bridgehead atoms. The summed E-state index contributed by atoms with van der Waals surface area (Å²) in [6, 6.07) is 5.99. The summed E-state index contributed by atoms with van der Waals surface area (Å²) < 4.78 is 26.3. The second-order valence-corrected chi connectivity index (χ2v) is 3.52. The number of benzene rings is 1. The fourth-order valence-electron chi connectivity index (χ4n) is 1.39. The van der Waals surface area contributed by atoms with Crippen LogP contribution in [0.25, 0.3) is 0 Å². The number of nitrogens with one attached hydrogen (secondary N) is 2. The third-order valence-corrected chi connectivity index (χ3v) is 2.22. The highest BCUT2D eigenvalue weighted by Crippen LogP contribution is 2.13. The highest BCUT2D eigenvalue weighted by molar-refractivity contribution is 5.41. The van der Waals surface area contributed by atoms with E-state index in [4.69, 9.17) is 5.84 Å². The molecule has 0 aliphatic heterocycles. The van der Waals surface area contributed by atoms with Crippen LogP contribution in [0, 0.1) is 11.6 Å². The normalized spacial score (nSPS) is 10.2. The maximum absolute atomic E-state index is 13.4. The average molecular weight is 251 g/mol. The minimum atomic E-state index is -0.606. The Labute approximate surface area is 102 Å². The molecular weight excluding hydrogens is 240 g/mol. The molecule has 0 aliphatic carbocycles. The van der Waals surface area contributed by atoms with Crippen LogP contribution in [0.3, 0.4) is 0 Å². The van der Waals surface area contributed by atoms with Crippen LogP contribution in [-0.4, -0.2) is 9.97 Å². The topological polar surface area (TPSA) is 75.9 Å². The summed E-state index contributed by atoms with van der Waals surface area (Å²) in [5, 5.41) is 2.74. The number of rotatable bonds is 4. The molecule has 0 amide bonds. The van der Waals surface area contributed by atoms with Crippen molar-refractivity contribution in [2.24, 2.45) is 5.84 Å². The molecule has 0 aliphatic rings. The van der Waals surface area contributed by atoms with E-state index < -0.39 is 5.82 Å². The van der Waals surface area contributed by atoms with E-state index in [0.29, 0.717) is 5.56 Å². The standard InChI is InChI=1S/C11H11F2N5/c12-8-3-1-2-7(4-8)5-15-10-9(13)6-16-11(17-10)18-14/h1-4,6H,5,14H2,(H2,15,16,17,18). The fourth-order valence-corrected chi connectivity index (χ4v) is 1.39. The van der Waals surface area contributed by atoms with Crippen LogP contribution >= 0.6 is 0 Å². The van der Waals surface area contributed by atoms with Crippen LogP contribution in [0.2, 0.25) is 0 Å². The smallest absolute Gasteiger partial charge is 0.239 e. The first-order valence-corrected chi connectivity index (χ1v) is 5.16. The van der Waals surface area contributed by atoms with Gasteiger partial charge >= 0.3 is 0 Å². The molecule has 0 fully saturated rings. The second-order valence-electron chi connectivity index (χ2n) is 3.52. The summed E-state index contributed by atoms with van der Waals surface area (Å²) in [5.74, 6) is 4.27. The van der Waals surface area contributed by atoms with Crippen molar-refractivity contribution < 1.29 is 8.78 Å². The molecule has 2 aromatic rings. The summed E-state index contributed by atoms with van der Waals surface area (Å²) in [4.78, 5) is 7.41. The van der Waals surface area contributed by atoms with E-state index in [9.17, 15) is 8.78 Å². The lowest BCUT2D eigenvalue weighted by atomic mass is 10.2. The highest BCUT2D eigenvalue weighted by Gasteiger charge is 2.06. The minimum absolute atomic E-state index is 0.00205. The Kier molecular flexibility index (Phi) is 3.63. The molecule has 94 valence electrons. The lowest BCUT2D eigenvalue weighted by Gasteiger charge is -2.07. The Balaban J connectivity index is 2.10. The lowest BCUT2D eigenvalue weighted by molar-refractivity contribution is 0.616. The first-order chi connectivity index (χ1) is 8.69. The van der Waals surface area contributed by atoms with E-state index in [2.05, 4.69) is 20.7 Å². The van der Waals surface area contributed by atoms with Gasteiger partial charge in [0.1, 0.15) is 5.82 Å². The van der Waals surface area contributed by atoms with E-state index >= 15 is 0 Å². The summed E-state index contributed by atoms with van der Waals surface area (Å²) >= 11 is 0. The van der Waals surface area contributed by atoms with Crippen molar-refractivity contribution in [2.45, 2.75) is 6.54 Å². The lowest BCUT2D eigenvalue weighted by Crippen LogP contribution is -2.13. The SMILES string of the molecule is NNc1ncc(F)c(NCc2cccc(F)c2)n1. The van der Waals surface area contributed by atoms with Crippen molar-refractivity contribution in [3.63, 3.8) is 0 Å². The van der Waals surface area contributed by atoms with Gasteiger partial charge in [0.2, 0.25) is 5.95 Å². The van der Waals surface area contributed by atoms with Crippen molar-refractivity contribution in [1.29, 1.82) is 0 Å². The summed E-state index contributed by atoms with van der Waals surface area (Å²) in [6.07, 6.45) is 0.996. The number of nitrogens with zero attached hydrogens (tertiary/aromatic N) is 2. The van der Waals surface area contributed by atoms with Crippen LogP contribution < -0.4 is 16.6 Å². The number of aromatic nitrogens is 2. The monoisotopic (exact) mass is 251 g/mol. The number of hydrogen-bond donors (Lipinski definition) is 3. The number of nitrogen functional groups attached to an aromatic ring is 1. The van der Waals surface area contributed by atoms with Gasteiger partial charge in [0, 0.05) is 6.54 Å². The van der Waals surface area contributed by atoms with Crippen LogP contribution in [0.15, 0.2) is 30.5 Å². The van der Waals surface area contributed by atoms with Crippen molar-refractivity contribution in [1.82, 2.24) is 9.97 Å². The van der Waals surface area contributed by atoms with Gasteiger partial charge in [-0.15, -0.1) is 0 Å². The maximum Gasteiger partial charge on any atom is 0.239 e. The average Bonchev–Trinajstić information content (AvgIpc) is 2.38. The fraction of sp³-hybridized carbons (Fsp3) is 0.0909. The van der Waals surface area contributed by atoms with E-state index in [0.717, 1.165) is 6.20 Å². The van der Waals surface area contributed by atoms with Gasteiger partial charge in [-0.05, 0) is 17.7 Å². The summed E-state index contributed by atoms with van der Waals surface area (Å²) in [6.45, 7) is 0.246. The Bertz CT molecular complexity index is 547. The molecule has 1 aromatic carbocycles. The number of hydrogen-bond acceptors (Lipinski definition) is 5. The van der Waals surface area contributed by atoms with E-state index in [1.165, 1.54) is 12.1 Å². The molecule has 0 unspecified atom stereocenters. The van der Waals surface area contributed by atoms with Crippen LogP contribution in [0.5, 0.6) is 0 Å². The highest BCUT2D eigenvalue weighted by atomic mass is 19.1. The summed E-state index contributed by atoms with van der Waals surface area (Å²) in [5.41, 5.74) is 2.89. The first kappa shape index (κ1) is 12.2. The molecule has 0 atom stereocenters. The molecule has 1 aromatic heterocycles. The van der Waals surface area contributed by atoms with Crippen molar-refractivity contribution in [3.05, 3.63) is 47.7 Å². The molecule has 2 rings (SSSR count). The zero-order valence-electron chi connectivity index (χ0n) is 9.32. The van der Waals surface area contributed by atoms with Crippen molar-refractivity contribution in [2.75, 3.05) is 10.7 Å². The molecule has 0 radical (unpaired) electrons. The molecule has 1 heterocycles. The molecule has 0 saturated carbocycles. The van der Waals surface area contributed by atoms with Gasteiger partial charge in [-0.2, -0.15) is 4.98 Å². The molecule has 0 saturated heterocycles. The second kappa shape index (κ2) is 5.37. The maximum atomic E-state index is 13.4. The van der Waals surface area contributed by atoms with E-state index in [1.807, 2.05) is 0 Å². The predicted octanol–water partition coefficient (Wildman–Crippen LogP) is 1.65. The van der Waals surface area contributed by atoms with Crippen molar-refractivity contribution >= 4 is 11.8 Å². The van der Waals surface area contributed by atoms with E-state index in [-0.39, 0.29) is 24.1 Å². The quantitative estimate of drug-likeness (QED) is 0.569. The third-order valence-electron chi connectivity index (χ3n) is 2.22. The molecule has 4 N–H and O–H groups in total. The minimum Gasteiger partial charge on any atom is -0.363 e. The molecule has 0 spiro atoms. The van der Waals surface area contributed by atoms with E-state index in [1.54, 1.807) is 12.1 Å². The molecule has 7 heteroatoms. The van der Waals surface area contributed by atoms with Gasteiger partial charge in [-0.1, -0.05) is 12.1 Å².